The Labute approximate surface area is 118 Å². The Balaban J connectivity index is 1.81. The summed E-state index contributed by atoms with van der Waals surface area (Å²) in [6.07, 6.45) is 9.85. The molecule has 3 heteroatoms. The van der Waals surface area contributed by atoms with Crippen LogP contribution in [0.25, 0.3) is 0 Å². The molecule has 0 aromatic rings. The van der Waals surface area contributed by atoms with Crippen molar-refractivity contribution in [1.29, 1.82) is 0 Å². The van der Waals surface area contributed by atoms with Crippen molar-refractivity contribution in [2.24, 2.45) is 5.92 Å². The highest BCUT2D eigenvalue weighted by Crippen LogP contribution is 2.26. The minimum absolute atomic E-state index is 0.0788. The van der Waals surface area contributed by atoms with Gasteiger partial charge in [-0.2, -0.15) is 0 Å². The second kappa shape index (κ2) is 8.23. The first-order valence-corrected chi connectivity index (χ1v) is 8.44. The van der Waals surface area contributed by atoms with Gasteiger partial charge in [0.1, 0.15) is 0 Å². The Kier molecular flexibility index (Phi) is 6.62. The quantitative estimate of drug-likeness (QED) is 0.594. The maximum atomic E-state index is 10.3. The summed E-state index contributed by atoms with van der Waals surface area (Å²) in [5.74, 6) is 0.788. The fourth-order valence-corrected chi connectivity index (χ4v) is 3.74. The van der Waals surface area contributed by atoms with Gasteiger partial charge >= 0.3 is 0 Å². The molecule has 0 bridgehead atoms. The molecule has 2 N–H and O–H groups in total. The maximum absolute atomic E-state index is 10.3. The molecule has 0 amide bonds. The molecule has 3 unspecified atom stereocenters. The van der Waals surface area contributed by atoms with Crippen molar-refractivity contribution in [2.75, 3.05) is 26.2 Å². The number of hydrogen-bond donors (Lipinski definition) is 2. The van der Waals surface area contributed by atoms with E-state index in [1.165, 1.54) is 58.0 Å². The van der Waals surface area contributed by atoms with Crippen LogP contribution in [-0.2, 0) is 0 Å². The van der Waals surface area contributed by atoms with Crippen molar-refractivity contribution < 1.29 is 5.11 Å². The highest BCUT2D eigenvalue weighted by Gasteiger charge is 2.30. The van der Waals surface area contributed by atoms with Gasteiger partial charge in [0.2, 0.25) is 0 Å². The van der Waals surface area contributed by atoms with E-state index in [9.17, 15) is 5.11 Å². The molecular weight excluding hydrogens is 236 g/mol. The number of rotatable bonds is 5. The normalized spacial score (nSPS) is 34.1. The van der Waals surface area contributed by atoms with Crippen LogP contribution in [0.2, 0.25) is 0 Å². The Bertz CT molecular complexity index is 247. The van der Waals surface area contributed by atoms with E-state index in [0.717, 1.165) is 25.4 Å². The fraction of sp³-hybridized carbons (Fsp3) is 1.00. The molecule has 19 heavy (non-hydrogen) atoms. The van der Waals surface area contributed by atoms with Crippen molar-refractivity contribution in [1.82, 2.24) is 10.2 Å². The van der Waals surface area contributed by atoms with Gasteiger partial charge in [-0.3, -0.25) is 4.90 Å². The first-order chi connectivity index (χ1) is 9.31. The van der Waals surface area contributed by atoms with Crippen molar-refractivity contribution in [3.8, 4) is 0 Å². The zero-order chi connectivity index (χ0) is 13.5. The lowest BCUT2D eigenvalue weighted by molar-refractivity contribution is 0.0209. The minimum atomic E-state index is -0.0788. The fourth-order valence-electron chi connectivity index (χ4n) is 3.74. The highest BCUT2D eigenvalue weighted by atomic mass is 16.3. The monoisotopic (exact) mass is 268 g/mol. The molecule has 1 aliphatic carbocycles. The predicted molar refractivity (Wildman–Crippen MR) is 80.3 cm³/mol. The summed E-state index contributed by atoms with van der Waals surface area (Å²) >= 11 is 0. The Morgan fingerprint density at radius 3 is 2.79 bits per heavy atom. The molecule has 1 aliphatic heterocycles. The van der Waals surface area contributed by atoms with E-state index in [0.29, 0.717) is 6.04 Å². The molecule has 3 nitrogen and oxygen atoms in total. The van der Waals surface area contributed by atoms with Gasteiger partial charge in [-0.25, -0.2) is 0 Å². The van der Waals surface area contributed by atoms with E-state index < -0.39 is 0 Å². The molecule has 1 heterocycles. The lowest BCUT2D eigenvalue weighted by Gasteiger charge is -2.40. The lowest BCUT2D eigenvalue weighted by atomic mass is 9.94. The van der Waals surface area contributed by atoms with E-state index in [4.69, 9.17) is 0 Å². The van der Waals surface area contributed by atoms with Gasteiger partial charge in [-0.15, -0.1) is 0 Å². The van der Waals surface area contributed by atoms with E-state index in [1.807, 2.05) is 0 Å². The predicted octanol–water partition coefficient (Wildman–Crippen LogP) is 2.39. The average Bonchev–Trinajstić information content (AvgIpc) is 2.64. The van der Waals surface area contributed by atoms with Gasteiger partial charge in [0, 0.05) is 12.6 Å². The maximum Gasteiger partial charge on any atom is 0.0695 e. The highest BCUT2D eigenvalue weighted by molar-refractivity contribution is 4.86. The smallest absolute Gasteiger partial charge is 0.0695 e. The summed E-state index contributed by atoms with van der Waals surface area (Å²) in [6, 6.07) is 0.441. The SMILES string of the molecule is CCCNCC1CCCN(C2CCCCCC2O)C1. The lowest BCUT2D eigenvalue weighted by Crippen LogP contribution is -2.49. The third-order valence-electron chi connectivity index (χ3n) is 4.82. The second-order valence-corrected chi connectivity index (χ2v) is 6.48. The van der Waals surface area contributed by atoms with E-state index in [2.05, 4.69) is 17.1 Å². The van der Waals surface area contributed by atoms with Crippen molar-refractivity contribution in [3.05, 3.63) is 0 Å². The van der Waals surface area contributed by atoms with Crippen LogP contribution in [0.5, 0.6) is 0 Å². The third kappa shape index (κ3) is 4.73. The van der Waals surface area contributed by atoms with E-state index >= 15 is 0 Å². The third-order valence-corrected chi connectivity index (χ3v) is 4.82. The zero-order valence-corrected chi connectivity index (χ0v) is 12.6. The summed E-state index contributed by atoms with van der Waals surface area (Å²) in [4.78, 5) is 2.60. The molecule has 0 radical (unpaired) electrons. The van der Waals surface area contributed by atoms with Gasteiger partial charge in [-0.1, -0.05) is 26.2 Å². The topological polar surface area (TPSA) is 35.5 Å². The molecule has 2 rings (SSSR count). The molecule has 0 aromatic heterocycles. The van der Waals surface area contributed by atoms with Crippen LogP contribution in [0.1, 0.15) is 58.3 Å². The number of hydrogen-bond acceptors (Lipinski definition) is 3. The van der Waals surface area contributed by atoms with Gasteiger partial charge in [0.05, 0.1) is 6.10 Å². The van der Waals surface area contributed by atoms with Crippen molar-refractivity contribution in [3.63, 3.8) is 0 Å². The number of likely N-dealkylation sites (tertiary alicyclic amines) is 1. The standard InChI is InChI=1S/C16H32N2O/c1-2-10-17-12-14-7-6-11-18(13-14)15-8-4-3-5-9-16(15)19/h14-17,19H,2-13H2,1H3. The van der Waals surface area contributed by atoms with Crippen LogP contribution in [0.3, 0.4) is 0 Å². The minimum Gasteiger partial charge on any atom is -0.391 e. The van der Waals surface area contributed by atoms with Gasteiger partial charge in [-0.05, 0) is 57.7 Å². The number of aliphatic hydroxyl groups excluding tert-OH is 1. The van der Waals surface area contributed by atoms with Gasteiger partial charge < -0.3 is 10.4 Å². The first kappa shape index (κ1) is 15.3. The Hall–Kier alpha value is -0.120. The Morgan fingerprint density at radius 2 is 1.95 bits per heavy atom. The summed E-state index contributed by atoms with van der Waals surface area (Å²) in [5, 5.41) is 13.9. The van der Waals surface area contributed by atoms with Crippen molar-refractivity contribution >= 4 is 0 Å². The molecule has 1 saturated carbocycles. The van der Waals surface area contributed by atoms with Crippen LogP contribution in [0, 0.1) is 5.92 Å². The van der Waals surface area contributed by atoms with E-state index in [-0.39, 0.29) is 6.10 Å². The molecule has 2 aliphatic rings. The number of piperidine rings is 1. The summed E-state index contributed by atoms with van der Waals surface area (Å²) in [6.45, 7) is 6.92. The molecule has 1 saturated heterocycles. The molecular formula is C16H32N2O. The van der Waals surface area contributed by atoms with Gasteiger partial charge in [0.25, 0.3) is 0 Å². The van der Waals surface area contributed by atoms with Gasteiger partial charge in [0.15, 0.2) is 0 Å². The number of nitrogens with zero attached hydrogens (tertiary/aromatic N) is 1. The van der Waals surface area contributed by atoms with Crippen LogP contribution < -0.4 is 5.32 Å². The molecule has 0 aromatic carbocycles. The van der Waals surface area contributed by atoms with Crippen LogP contribution in [-0.4, -0.2) is 48.3 Å². The number of nitrogens with one attached hydrogen (secondary N) is 1. The molecule has 3 atom stereocenters. The first-order valence-electron chi connectivity index (χ1n) is 8.44. The van der Waals surface area contributed by atoms with Crippen molar-refractivity contribution in [2.45, 2.75) is 70.4 Å². The number of aliphatic hydroxyl groups is 1. The average molecular weight is 268 g/mol. The second-order valence-electron chi connectivity index (χ2n) is 6.48. The summed E-state index contributed by atoms with van der Waals surface area (Å²) < 4.78 is 0. The van der Waals surface area contributed by atoms with Crippen LogP contribution >= 0.6 is 0 Å². The van der Waals surface area contributed by atoms with E-state index in [1.54, 1.807) is 0 Å². The molecule has 2 fully saturated rings. The van der Waals surface area contributed by atoms with Crippen LogP contribution in [0.4, 0.5) is 0 Å². The molecule has 112 valence electrons. The zero-order valence-electron chi connectivity index (χ0n) is 12.6. The summed E-state index contributed by atoms with van der Waals surface area (Å²) in [7, 11) is 0. The molecule has 0 spiro atoms. The largest absolute Gasteiger partial charge is 0.391 e. The Morgan fingerprint density at radius 1 is 1.11 bits per heavy atom. The van der Waals surface area contributed by atoms with Crippen LogP contribution in [0.15, 0.2) is 0 Å². The summed E-state index contributed by atoms with van der Waals surface area (Å²) in [5.41, 5.74) is 0.